The monoisotopic (exact) mass is 383 g/mol. The van der Waals surface area contributed by atoms with Gasteiger partial charge in [0.15, 0.2) is 5.78 Å². The number of carbonyl (C=O) groups is 3. The second-order valence-electron chi connectivity index (χ2n) is 7.12. The molecule has 3 amide bonds. The average molecular weight is 383 g/mol. The van der Waals surface area contributed by atoms with E-state index in [9.17, 15) is 14.4 Å². The molecule has 0 aliphatic carbocycles. The summed E-state index contributed by atoms with van der Waals surface area (Å²) in [6.07, 6.45) is 0.836. The van der Waals surface area contributed by atoms with E-state index in [1.165, 1.54) is 6.92 Å². The third kappa shape index (κ3) is 4.39. The molecule has 1 aromatic carbocycles. The van der Waals surface area contributed by atoms with Gasteiger partial charge in [-0.1, -0.05) is 12.1 Å². The van der Waals surface area contributed by atoms with E-state index in [1.807, 2.05) is 10.7 Å². The van der Waals surface area contributed by atoms with Gasteiger partial charge < -0.3 is 15.1 Å². The molecule has 0 bridgehead atoms. The number of ketones is 1. The molecule has 148 valence electrons. The van der Waals surface area contributed by atoms with Crippen molar-refractivity contribution in [3.63, 3.8) is 0 Å². The van der Waals surface area contributed by atoms with E-state index in [4.69, 9.17) is 0 Å². The van der Waals surface area contributed by atoms with Gasteiger partial charge in [0.2, 0.25) is 0 Å². The van der Waals surface area contributed by atoms with E-state index in [2.05, 4.69) is 10.4 Å². The van der Waals surface area contributed by atoms with Crippen molar-refractivity contribution in [2.75, 3.05) is 20.6 Å². The van der Waals surface area contributed by atoms with Crippen LogP contribution in [0.25, 0.3) is 0 Å². The van der Waals surface area contributed by atoms with Crippen molar-refractivity contribution < 1.29 is 14.4 Å². The average Bonchev–Trinajstić information content (AvgIpc) is 2.95. The maximum atomic E-state index is 12.3. The summed E-state index contributed by atoms with van der Waals surface area (Å²) in [6.45, 7) is 3.74. The highest BCUT2D eigenvalue weighted by molar-refractivity contribution is 5.97. The Bertz CT molecular complexity index is 886. The predicted molar refractivity (Wildman–Crippen MR) is 104 cm³/mol. The van der Waals surface area contributed by atoms with Gasteiger partial charge >= 0.3 is 6.03 Å². The zero-order chi connectivity index (χ0) is 20.3. The maximum absolute atomic E-state index is 12.3. The summed E-state index contributed by atoms with van der Waals surface area (Å²) < 4.78 is 1.91. The number of fused-ring (bicyclic) bond motifs is 1. The number of nitrogens with zero attached hydrogens (tertiary/aromatic N) is 4. The second-order valence-corrected chi connectivity index (χ2v) is 7.12. The lowest BCUT2D eigenvalue weighted by Crippen LogP contribution is -2.38. The van der Waals surface area contributed by atoms with Gasteiger partial charge in [-0.05, 0) is 31.5 Å². The maximum Gasteiger partial charge on any atom is 0.319 e. The topological polar surface area (TPSA) is 87.5 Å². The first-order valence-corrected chi connectivity index (χ1v) is 9.26. The van der Waals surface area contributed by atoms with Gasteiger partial charge in [-0.15, -0.1) is 0 Å². The number of rotatable bonds is 4. The van der Waals surface area contributed by atoms with E-state index in [-0.39, 0.29) is 17.7 Å². The van der Waals surface area contributed by atoms with Crippen molar-refractivity contribution in [3.05, 3.63) is 52.8 Å². The molecule has 0 saturated carbocycles. The number of aryl methyl sites for hydroxylation is 1. The van der Waals surface area contributed by atoms with Crippen molar-refractivity contribution in [3.8, 4) is 0 Å². The Hall–Kier alpha value is -3.16. The van der Waals surface area contributed by atoms with E-state index >= 15 is 0 Å². The number of amides is 3. The molecule has 2 aromatic rings. The fourth-order valence-electron chi connectivity index (χ4n) is 3.18. The Balaban J connectivity index is 1.63. The lowest BCUT2D eigenvalue weighted by Gasteiger charge is -2.23. The highest BCUT2D eigenvalue weighted by Gasteiger charge is 2.21. The normalized spacial score (nSPS) is 13.5. The minimum Gasteiger partial charge on any atom is -0.346 e. The zero-order valence-electron chi connectivity index (χ0n) is 16.4. The second kappa shape index (κ2) is 8.24. The molecule has 1 aromatic heterocycles. The molecule has 8 nitrogen and oxygen atoms in total. The first-order chi connectivity index (χ1) is 13.3. The number of urea groups is 1. The SMILES string of the molecule is CC(=O)c1ccc(C(=O)NCc2cc3n(n2)CCCN(C(=O)N(C)C)C3)cc1. The summed E-state index contributed by atoms with van der Waals surface area (Å²) in [5.41, 5.74) is 2.78. The standard InChI is InChI=1S/C20H25N5O3/c1-14(26)15-5-7-16(8-6-15)19(27)21-12-17-11-18-13-24(20(28)23(2)3)9-4-10-25(18)22-17/h5-8,11H,4,9-10,12-13H2,1-3H3,(H,21,27). The van der Waals surface area contributed by atoms with Crippen molar-refractivity contribution in [2.24, 2.45) is 0 Å². The fraction of sp³-hybridized carbons (Fsp3) is 0.400. The summed E-state index contributed by atoms with van der Waals surface area (Å²) in [5, 5.41) is 7.41. The third-order valence-electron chi connectivity index (χ3n) is 4.70. The van der Waals surface area contributed by atoms with Gasteiger partial charge in [0.05, 0.1) is 24.5 Å². The molecule has 1 aliphatic rings. The van der Waals surface area contributed by atoms with Crippen LogP contribution in [0.5, 0.6) is 0 Å². The van der Waals surface area contributed by atoms with Gasteiger partial charge in [0.25, 0.3) is 5.91 Å². The molecule has 3 rings (SSSR count). The van der Waals surface area contributed by atoms with Crippen LogP contribution < -0.4 is 5.32 Å². The molecule has 2 heterocycles. The number of Topliss-reactive ketones (excluding diaryl/α,β-unsaturated/α-hetero) is 1. The van der Waals surface area contributed by atoms with Crippen LogP contribution in [0.3, 0.4) is 0 Å². The van der Waals surface area contributed by atoms with Crippen molar-refractivity contribution in [1.29, 1.82) is 0 Å². The van der Waals surface area contributed by atoms with Crippen molar-refractivity contribution in [2.45, 2.75) is 33.0 Å². The Morgan fingerprint density at radius 3 is 2.43 bits per heavy atom. The van der Waals surface area contributed by atoms with Gasteiger partial charge in [0.1, 0.15) is 0 Å². The summed E-state index contributed by atoms with van der Waals surface area (Å²) in [7, 11) is 3.49. The molecule has 0 spiro atoms. The van der Waals surface area contributed by atoms with Gasteiger partial charge in [-0.25, -0.2) is 4.79 Å². The fourth-order valence-corrected chi connectivity index (χ4v) is 3.18. The third-order valence-corrected chi connectivity index (χ3v) is 4.70. The van der Waals surface area contributed by atoms with Crippen LogP contribution >= 0.6 is 0 Å². The minimum absolute atomic E-state index is 0.0153. The number of nitrogens with one attached hydrogen (secondary N) is 1. The summed E-state index contributed by atoms with van der Waals surface area (Å²) in [6, 6.07) is 8.48. The van der Waals surface area contributed by atoms with Gasteiger partial charge in [-0.2, -0.15) is 5.10 Å². The van der Waals surface area contributed by atoms with Crippen molar-refractivity contribution >= 4 is 17.7 Å². The largest absolute Gasteiger partial charge is 0.346 e. The van der Waals surface area contributed by atoms with Crippen LogP contribution in [0.4, 0.5) is 4.79 Å². The lowest BCUT2D eigenvalue weighted by molar-refractivity contribution is 0.0948. The molecule has 28 heavy (non-hydrogen) atoms. The number of benzene rings is 1. The molecule has 1 aliphatic heterocycles. The summed E-state index contributed by atoms with van der Waals surface area (Å²) in [4.78, 5) is 39.3. The number of hydrogen-bond acceptors (Lipinski definition) is 4. The smallest absolute Gasteiger partial charge is 0.319 e. The first kappa shape index (κ1) is 19.6. The molecule has 0 radical (unpaired) electrons. The minimum atomic E-state index is -0.220. The van der Waals surface area contributed by atoms with Crippen LogP contribution in [0.1, 0.15) is 45.4 Å². The molecular weight excluding hydrogens is 358 g/mol. The van der Waals surface area contributed by atoms with Crippen molar-refractivity contribution in [1.82, 2.24) is 24.9 Å². The summed E-state index contributed by atoms with van der Waals surface area (Å²) in [5.74, 6) is -0.254. The van der Waals surface area contributed by atoms with Crippen LogP contribution in [-0.4, -0.2) is 57.9 Å². The Morgan fingerprint density at radius 2 is 1.79 bits per heavy atom. The number of hydrogen-bond donors (Lipinski definition) is 1. The lowest BCUT2D eigenvalue weighted by atomic mass is 10.1. The Morgan fingerprint density at radius 1 is 1.11 bits per heavy atom. The Labute approximate surface area is 164 Å². The molecule has 8 heteroatoms. The van der Waals surface area contributed by atoms with E-state index in [1.54, 1.807) is 48.2 Å². The molecule has 1 N–H and O–H groups in total. The van der Waals surface area contributed by atoms with Gasteiger partial charge in [0, 0.05) is 38.3 Å². The molecule has 0 atom stereocenters. The molecular formula is C20H25N5O3. The molecule has 0 unspecified atom stereocenters. The Kier molecular flexibility index (Phi) is 5.77. The van der Waals surface area contributed by atoms with E-state index in [0.717, 1.165) is 24.4 Å². The van der Waals surface area contributed by atoms with Crippen LogP contribution in [-0.2, 0) is 19.6 Å². The highest BCUT2D eigenvalue weighted by Crippen LogP contribution is 2.15. The van der Waals surface area contributed by atoms with E-state index < -0.39 is 0 Å². The van der Waals surface area contributed by atoms with Crippen LogP contribution in [0.2, 0.25) is 0 Å². The zero-order valence-corrected chi connectivity index (χ0v) is 16.4. The molecule has 0 saturated heterocycles. The first-order valence-electron chi connectivity index (χ1n) is 9.26. The summed E-state index contributed by atoms with van der Waals surface area (Å²) >= 11 is 0. The number of aromatic nitrogens is 2. The van der Waals surface area contributed by atoms with Crippen LogP contribution in [0, 0.1) is 0 Å². The van der Waals surface area contributed by atoms with Crippen LogP contribution in [0.15, 0.2) is 30.3 Å². The predicted octanol–water partition coefficient (Wildman–Crippen LogP) is 1.90. The highest BCUT2D eigenvalue weighted by atomic mass is 16.2. The number of carbonyl (C=O) groups excluding carboxylic acids is 3. The van der Waals surface area contributed by atoms with E-state index in [0.29, 0.717) is 30.8 Å². The van der Waals surface area contributed by atoms with Gasteiger partial charge in [-0.3, -0.25) is 14.3 Å². The quantitative estimate of drug-likeness (QED) is 0.817. The molecule has 0 fully saturated rings.